The van der Waals surface area contributed by atoms with Gasteiger partial charge in [-0.15, -0.1) is 0 Å². The smallest absolute Gasteiger partial charge is 0.0694 e. The van der Waals surface area contributed by atoms with E-state index in [1.165, 1.54) is 27.5 Å². The van der Waals surface area contributed by atoms with E-state index in [4.69, 9.17) is 0 Å². The van der Waals surface area contributed by atoms with Crippen molar-refractivity contribution < 1.29 is 0 Å². The fourth-order valence-electron chi connectivity index (χ4n) is 2.84. The van der Waals surface area contributed by atoms with Crippen molar-refractivity contribution in [1.29, 1.82) is 0 Å². The molecule has 21 heavy (non-hydrogen) atoms. The first-order valence-corrected chi connectivity index (χ1v) is 8.28. The summed E-state index contributed by atoms with van der Waals surface area (Å²) in [7, 11) is 0. The first kappa shape index (κ1) is 13.1. The Morgan fingerprint density at radius 1 is 0.667 bits per heavy atom. The van der Waals surface area contributed by atoms with Crippen LogP contribution in [0.15, 0.2) is 75.7 Å². The molecule has 3 heteroatoms. The summed E-state index contributed by atoms with van der Waals surface area (Å²) in [5, 5.41) is 2.52. The van der Waals surface area contributed by atoms with Gasteiger partial charge in [0.1, 0.15) is 0 Å². The first-order chi connectivity index (χ1) is 10.3. The number of hydrogen-bond acceptors (Lipinski definition) is 0. The highest BCUT2D eigenvalue weighted by Crippen LogP contribution is 2.39. The predicted octanol–water partition coefficient (Wildman–Crippen LogP) is 6.31. The molecule has 0 N–H and O–H groups in total. The fourth-order valence-corrected chi connectivity index (χ4v) is 3.68. The van der Waals surface area contributed by atoms with Crippen molar-refractivity contribution in [3.8, 4) is 5.69 Å². The third-order valence-corrected chi connectivity index (χ3v) is 5.74. The van der Waals surface area contributed by atoms with E-state index in [0.29, 0.717) is 0 Å². The maximum atomic E-state index is 3.74. The molecule has 3 aromatic carbocycles. The second-order valence-corrected chi connectivity index (χ2v) is 6.59. The van der Waals surface area contributed by atoms with E-state index in [-0.39, 0.29) is 0 Å². The lowest BCUT2D eigenvalue weighted by molar-refractivity contribution is 1.17. The summed E-state index contributed by atoms with van der Waals surface area (Å²) in [6.07, 6.45) is 0. The second kappa shape index (κ2) is 5.00. The molecule has 0 aliphatic rings. The van der Waals surface area contributed by atoms with Crippen molar-refractivity contribution in [2.45, 2.75) is 0 Å². The average Bonchev–Trinajstić information content (AvgIpc) is 2.87. The Balaban J connectivity index is 2.28. The molecule has 0 fully saturated rings. The van der Waals surface area contributed by atoms with Gasteiger partial charge in [-0.1, -0.05) is 42.5 Å². The molecule has 0 saturated heterocycles. The van der Waals surface area contributed by atoms with E-state index in [0.717, 1.165) is 8.95 Å². The summed E-state index contributed by atoms with van der Waals surface area (Å²) in [6.45, 7) is 0. The van der Waals surface area contributed by atoms with E-state index < -0.39 is 0 Å². The van der Waals surface area contributed by atoms with E-state index in [2.05, 4.69) is 97.1 Å². The zero-order valence-corrected chi connectivity index (χ0v) is 14.2. The highest BCUT2D eigenvalue weighted by atomic mass is 79.9. The van der Waals surface area contributed by atoms with E-state index in [1.807, 2.05) is 6.07 Å². The van der Waals surface area contributed by atoms with Gasteiger partial charge in [-0.3, -0.25) is 0 Å². The molecule has 0 bridgehead atoms. The number of nitrogens with zero attached hydrogens (tertiary/aromatic N) is 1. The first-order valence-electron chi connectivity index (χ1n) is 6.70. The Bertz CT molecular complexity index is 955. The van der Waals surface area contributed by atoms with Crippen LogP contribution in [0.1, 0.15) is 0 Å². The zero-order chi connectivity index (χ0) is 14.4. The summed E-state index contributed by atoms with van der Waals surface area (Å²) >= 11 is 7.36. The number of benzene rings is 3. The van der Waals surface area contributed by atoms with Crippen LogP contribution in [0, 0.1) is 0 Å². The highest BCUT2D eigenvalue weighted by Gasteiger charge is 2.15. The van der Waals surface area contributed by atoms with Crippen molar-refractivity contribution >= 4 is 53.7 Å². The molecule has 1 nitrogen and oxygen atoms in total. The summed E-state index contributed by atoms with van der Waals surface area (Å²) in [6, 6.07) is 23.3. The molecular formula is C18H11Br2N. The van der Waals surface area contributed by atoms with Crippen LogP contribution in [0.3, 0.4) is 0 Å². The monoisotopic (exact) mass is 399 g/mol. The van der Waals surface area contributed by atoms with Crippen molar-refractivity contribution in [3.63, 3.8) is 0 Å². The normalized spacial score (nSPS) is 11.3. The van der Waals surface area contributed by atoms with Crippen LogP contribution in [0.2, 0.25) is 0 Å². The standard InChI is InChI=1S/C18H11Br2N/c19-15-11-10-14-13-8-4-5-9-16(13)21(18(14)17(15)20)12-6-2-1-3-7-12/h1-11H. The molecule has 0 aliphatic carbocycles. The summed E-state index contributed by atoms with van der Waals surface area (Å²) in [5.74, 6) is 0. The summed E-state index contributed by atoms with van der Waals surface area (Å²) in [5.41, 5.74) is 3.58. The Kier molecular flexibility index (Phi) is 3.12. The maximum Gasteiger partial charge on any atom is 0.0694 e. The van der Waals surface area contributed by atoms with Crippen molar-refractivity contribution in [3.05, 3.63) is 75.7 Å². The van der Waals surface area contributed by atoms with Crippen molar-refractivity contribution in [2.75, 3.05) is 0 Å². The average molecular weight is 401 g/mol. The minimum Gasteiger partial charge on any atom is -0.308 e. The minimum atomic E-state index is 1.06. The van der Waals surface area contributed by atoms with Crippen LogP contribution >= 0.6 is 31.9 Å². The number of aromatic nitrogens is 1. The van der Waals surface area contributed by atoms with Crippen LogP contribution in [0.25, 0.3) is 27.5 Å². The zero-order valence-electron chi connectivity index (χ0n) is 11.1. The molecule has 0 aliphatic heterocycles. The van der Waals surface area contributed by atoms with Crippen LogP contribution in [-0.2, 0) is 0 Å². The lowest BCUT2D eigenvalue weighted by Crippen LogP contribution is -1.93. The molecule has 0 saturated carbocycles. The molecule has 0 radical (unpaired) electrons. The van der Waals surface area contributed by atoms with Crippen molar-refractivity contribution in [1.82, 2.24) is 4.57 Å². The molecule has 0 spiro atoms. The Morgan fingerprint density at radius 2 is 1.38 bits per heavy atom. The third-order valence-electron chi connectivity index (χ3n) is 3.74. The van der Waals surface area contributed by atoms with Gasteiger partial charge in [-0.2, -0.15) is 0 Å². The molecule has 0 unspecified atom stereocenters. The van der Waals surface area contributed by atoms with Crippen LogP contribution in [-0.4, -0.2) is 4.57 Å². The van der Waals surface area contributed by atoms with E-state index in [9.17, 15) is 0 Å². The molecule has 1 heterocycles. The molecule has 0 atom stereocenters. The molecule has 102 valence electrons. The minimum absolute atomic E-state index is 1.06. The molecule has 4 aromatic rings. The Morgan fingerprint density at radius 3 is 2.19 bits per heavy atom. The number of hydrogen-bond donors (Lipinski definition) is 0. The number of fused-ring (bicyclic) bond motifs is 3. The van der Waals surface area contributed by atoms with Crippen LogP contribution in [0.4, 0.5) is 0 Å². The van der Waals surface area contributed by atoms with Gasteiger partial charge in [0.05, 0.1) is 15.5 Å². The lowest BCUT2D eigenvalue weighted by Gasteiger charge is -2.09. The quantitative estimate of drug-likeness (QED) is 0.353. The summed E-state index contributed by atoms with van der Waals surface area (Å²) < 4.78 is 4.45. The van der Waals surface area contributed by atoms with Crippen LogP contribution < -0.4 is 0 Å². The molecule has 4 rings (SSSR count). The largest absolute Gasteiger partial charge is 0.308 e. The molecule has 0 amide bonds. The van der Waals surface area contributed by atoms with Gasteiger partial charge < -0.3 is 4.57 Å². The van der Waals surface area contributed by atoms with Crippen LogP contribution in [0.5, 0.6) is 0 Å². The van der Waals surface area contributed by atoms with E-state index in [1.54, 1.807) is 0 Å². The van der Waals surface area contributed by atoms with Gasteiger partial charge in [-0.25, -0.2) is 0 Å². The van der Waals surface area contributed by atoms with Gasteiger partial charge >= 0.3 is 0 Å². The van der Waals surface area contributed by atoms with Gasteiger partial charge in [0.25, 0.3) is 0 Å². The number of rotatable bonds is 1. The van der Waals surface area contributed by atoms with Gasteiger partial charge in [0, 0.05) is 20.9 Å². The van der Waals surface area contributed by atoms with Crippen molar-refractivity contribution in [2.24, 2.45) is 0 Å². The molecule has 1 aromatic heterocycles. The Hall–Kier alpha value is -1.58. The lowest BCUT2D eigenvalue weighted by atomic mass is 10.2. The fraction of sp³-hybridized carbons (Fsp3) is 0. The van der Waals surface area contributed by atoms with Gasteiger partial charge in [0.2, 0.25) is 0 Å². The predicted molar refractivity (Wildman–Crippen MR) is 96.2 cm³/mol. The van der Waals surface area contributed by atoms with E-state index >= 15 is 0 Å². The number of halogens is 2. The third kappa shape index (κ3) is 1.95. The Labute approximate surface area is 139 Å². The number of para-hydroxylation sites is 2. The summed E-state index contributed by atoms with van der Waals surface area (Å²) in [4.78, 5) is 0. The highest BCUT2D eigenvalue weighted by molar-refractivity contribution is 9.13. The SMILES string of the molecule is Brc1ccc2c3ccccc3n(-c3ccccc3)c2c1Br. The van der Waals surface area contributed by atoms with Gasteiger partial charge in [0.15, 0.2) is 0 Å². The van der Waals surface area contributed by atoms with Gasteiger partial charge in [-0.05, 0) is 56.1 Å². The second-order valence-electron chi connectivity index (χ2n) is 4.95. The maximum absolute atomic E-state index is 3.74. The topological polar surface area (TPSA) is 4.93 Å². The molecular weight excluding hydrogens is 390 g/mol.